The molecule has 0 bridgehead atoms. The summed E-state index contributed by atoms with van der Waals surface area (Å²) in [4.78, 5) is 39.4. The summed E-state index contributed by atoms with van der Waals surface area (Å²) in [5.74, 6) is -0.105. The minimum Gasteiger partial charge on any atom is -0.350 e. The molecule has 1 fully saturated rings. The molecule has 1 saturated carbocycles. The number of halogens is 1. The normalized spacial score (nSPS) is 16.9. The Morgan fingerprint density at radius 3 is 2.36 bits per heavy atom. The van der Waals surface area contributed by atoms with Crippen molar-refractivity contribution >= 4 is 46.7 Å². The second-order valence-corrected chi connectivity index (χ2v) is 12.2. The molecular formula is C35H43ClN6O3. The van der Waals surface area contributed by atoms with Crippen molar-refractivity contribution in [1.29, 1.82) is 0 Å². The van der Waals surface area contributed by atoms with Gasteiger partial charge < -0.3 is 21.7 Å². The maximum Gasteiger partial charge on any atom is 0.251 e. The molecule has 9 nitrogen and oxygen atoms in total. The van der Waals surface area contributed by atoms with Crippen LogP contribution < -0.4 is 21.7 Å². The second kappa shape index (κ2) is 15.2. The highest BCUT2D eigenvalue weighted by molar-refractivity contribution is 5.99. The molecule has 0 spiro atoms. The molecule has 3 amide bonds. The fourth-order valence-electron chi connectivity index (χ4n) is 5.93. The Bertz CT molecular complexity index is 1630. The molecule has 1 heterocycles. The van der Waals surface area contributed by atoms with Gasteiger partial charge >= 0.3 is 0 Å². The molecule has 0 radical (unpaired) electrons. The van der Waals surface area contributed by atoms with E-state index in [4.69, 9.17) is 5.73 Å². The molecular weight excluding hydrogens is 588 g/mol. The molecule has 1 aromatic heterocycles. The molecule has 1 atom stereocenters. The minimum absolute atomic E-state index is 0. The van der Waals surface area contributed by atoms with Crippen molar-refractivity contribution < 1.29 is 14.4 Å². The van der Waals surface area contributed by atoms with E-state index in [2.05, 4.69) is 26.1 Å². The largest absolute Gasteiger partial charge is 0.350 e. The molecule has 0 saturated heterocycles. The number of carbonyl (C=O) groups is 3. The number of amides is 3. The summed E-state index contributed by atoms with van der Waals surface area (Å²) in [5.41, 5.74) is 11.9. The number of aromatic amines is 1. The number of aromatic nitrogens is 2. The first-order valence-corrected chi connectivity index (χ1v) is 15.5. The maximum absolute atomic E-state index is 13.6. The fraction of sp³-hybridized carbons (Fsp3) is 0.371. The highest BCUT2D eigenvalue weighted by atomic mass is 35.5. The number of benzene rings is 3. The quantitative estimate of drug-likeness (QED) is 0.157. The number of nitrogens with zero attached hydrogens (tertiary/aromatic N) is 1. The van der Waals surface area contributed by atoms with E-state index in [1.54, 1.807) is 6.20 Å². The molecule has 6 N–H and O–H groups in total. The third-order valence-electron chi connectivity index (χ3n) is 8.51. The van der Waals surface area contributed by atoms with Crippen LogP contribution in [0.25, 0.3) is 22.0 Å². The van der Waals surface area contributed by atoms with E-state index < -0.39 is 6.04 Å². The third kappa shape index (κ3) is 8.49. The number of nitrogens with one attached hydrogen (secondary N) is 4. The minimum atomic E-state index is -0.751. The Morgan fingerprint density at radius 1 is 0.956 bits per heavy atom. The highest BCUT2D eigenvalue weighted by Gasteiger charge is 2.29. The SMILES string of the molecule is Cc1cc(C(=O)NC(C)C)ccc1-c1ccc(C[C@@H](NC(=O)[C@H]2CC[C@H](CN)CC2)C(=O)Nc2ccc3cn[nH]c3c2)cc1.Cl. The first-order chi connectivity index (χ1) is 21.2. The molecule has 3 aromatic carbocycles. The van der Waals surface area contributed by atoms with Crippen LogP contribution in [-0.4, -0.2) is 46.5 Å². The first-order valence-electron chi connectivity index (χ1n) is 15.5. The van der Waals surface area contributed by atoms with Crippen molar-refractivity contribution in [1.82, 2.24) is 20.8 Å². The average molecular weight is 631 g/mol. The zero-order valence-corrected chi connectivity index (χ0v) is 26.9. The lowest BCUT2D eigenvalue weighted by Crippen LogP contribution is -2.48. The zero-order valence-electron chi connectivity index (χ0n) is 26.1. The lowest BCUT2D eigenvalue weighted by molar-refractivity contribution is -0.130. The van der Waals surface area contributed by atoms with Crippen LogP contribution in [0.15, 0.2) is 66.9 Å². The van der Waals surface area contributed by atoms with E-state index >= 15 is 0 Å². The lowest BCUT2D eigenvalue weighted by atomic mass is 9.81. The molecule has 0 aliphatic heterocycles. The van der Waals surface area contributed by atoms with Gasteiger partial charge in [-0.15, -0.1) is 12.4 Å². The van der Waals surface area contributed by atoms with Crippen LogP contribution in [0.2, 0.25) is 0 Å². The summed E-state index contributed by atoms with van der Waals surface area (Å²) in [7, 11) is 0. The summed E-state index contributed by atoms with van der Waals surface area (Å²) in [6.45, 7) is 6.52. The Hall–Kier alpha value is -4.21. The van der Waals surface area contributed by atoms with Gasteiger partial charge in [-0.05, 0) is 112 Å². The Labute approximate surface area is 270 Å². The van der Waals surface area contributed by atoms with Crippen molar-refractivity contribution in [2.75, 3.05) is 11.9 Å². The van der Waals surface area contributed by atoms with E-state index in [9.17, 15) is 14.4 Å². The summed E-state index contributed by atoms with van der Waals surface area (Å²) in [6.07, 6.45) is 5.50. The Morgan fingerprint density at radius 2 is 1.69 bits per heavy atom. The number of nitrogens with two attached hydrogens (primary N) is 1. The van der Waals surface area contributed by atoms with Crippen molar-refractivity contribution in [3.05, 3.63) is 83.6 Å². The van der Waals surface area contributed by atoms with Gasteiger partial charge in [-0.3, -0.25) is 19.5 Å². The molecule has 1 aliphatic rings. The van der Waals surface area contributed by atoms with E-state index in [0.717, 1.165) is 58.8 Å². The van der Waals surface area contributed by atoms with Gasteiger partial charge in [-0.1, -0.05) is 30.3 Å². The number of rotatable bonds is 10. The number of aryl methyl sites for hydroxylation is 1. The first kappa shape index (κ1) is 33.7. The van der Waals surface area contributed by atoms with E-state index in [-0.39, 0.29) is 42.1 Å². The van der Waals surface area contributed by atoms with Crippen molar-refractivity contribution in [2.24, 2.45) is 17.6 Å². The van der Waals surface area contributed by atoms with Gasteiger partial charge in [-0.25, -0.2) is 0 Å². The lowest BCUT2D eigenvalue weighted by Gasteiger charge is -2.28. The van der Waals surface area contributed by atoms with Crippen LogP contribution in [-0.2, 0) is 16.0 Å². The smallest absolute Gasteiger partial charge is 0.251 e. The molecule has 45 heavy (non-hydrogen) atoms. The van der Waals surface area contributed by atoms with E-state index in [1.165, 1.54) is 0 Å². The molecule has 10 heteroatoms. The standard InChI is InChI=1S/C35H42N6O3.ClH/c1-21(2)38-34(43)27-13-15-30(22(3)16-27)25-8-4-23(5-9-25)17-32(40-33(42)26-10-6-24(19-36)7-11-26)35(44)39-29-14-12-28-20-37-41-31(28)18-29;/h4-5,8-9,12-16,18,20-21,24,26,32H,6-7,10-11,17,19,36H2,1-3H3,(H,37,41)(H,38,43)(H,39,44)(H,40,42);1H/t24-,26-,32-;/m1./s1. The number of hydrogen-bond donors (Lipinski definition) is 5. The summed E-state index contributed by atoms with van der Waals surface area (Å²) in [6, 6.07) is 18.6. The van der Waals surface area contributed by atoms with Crippen molar-refractivity contribution in [3.63, 3.8) is 0 Å². The summed E-state index contributed by atoms with van der Waals surface area (Å²) >= 11 is 0. The van der Waals surface area contributed by atoms with E-state index in [1.807, 2.05) is 81.4 Å². The number of anilines is 1. The van der Waals surface area contributed by atoms with Crippen LogP contribution in [0, 0.1) is 18.8 Å². The summed E-state index contributed by atoms with van der Waals surface area (Å²) in [5, 5.41) is 16.9. The fourth-order valence-corrected chi connectivity index (χ4v) is 5.93. The van der Waals surface area contributed by atoms with Crippen LogP contribution in [0.4, 0.5) is 5.69 Å². The Kier molecular flexibility index (Phi) is 11.4. The van der Waals surface area contributed by atoms with Gasteiger partial charge in [0.1, 0.15) is 6.04 Å². The molecule has 0 unspecified atom stereocenters. The van der Waals surface area contributed by atoms with Crippen LogP contribution in [0.5, 0.6) is 0 Å². The molecule has 1 aliphatic carbocycles. The van der Waals surface area contributed by atoms with Crippen LogP contribution >= 0.6 is 12.4 Å². The van der Waals surface area contributed by atoms with Crippen LogP contribution in [0.1, 0.15) is 61.0 Å². The molecule has 238 valence electrons. The van der Waals surface area contributed by atoms with E-state index in [0.29, 0.717) is 30.1 Å². The van der Waals surface area contributed by atoms with Gasteiger partial charge in [0.15, 0.2) is 0 Å². The highest BCUT2D eigenvalue weighted by Crippen LogP contribution is 2.29. The van der Waals surface area contributed by atoms with Crippen molar-refractivity contribution in [2.45, 2.75) is 65.0 Å². The predicted molar refractivity (Wildman–Crippen MR) is 181 cm³/mol. The average Bonchev–Trinajstić information content (AvgIpc) is 3.49. The van der Waals surface area contributed by atoms with Crippen molar-refractivity contribution in [3.8, 4) is 11.1 Å². The van der Waals surface area contributed by atoms with Gasteiger partial charge in [-0.2, -0.15) is 5.10 Å². The number of carbonyl (C=O) groups excluding carboxylic acids is 3. The van der Waals surface area contributed by atoms with Gasteiger partial charge in [0.2, 0.25) is 11.8 Å². The van der Waals surface area contributed by atoms with Gasteiger partial charge in [0, 0.05) is 35.0 Å². The summed E-state index contributed by atoms with van der Waals surface area (Å²) < 4.78 is 0. The van der Waals surface area contributed by atoms with Gasteiger partial charge in [0.05, 0.1) is 11.7 Å². The maximum atomic E-state index is 13.6. The number of fused-ring (bicyclic) bond motifs is 1. The molecule has 4 aromatic rings. The predicted octanol–water partition coefficient (Wildman–Crippen LogP) is 5.53. The number of hydrogen-bond acceptors (Lipinski definition) is 5. The third-order valence-corrected chi connectivity index (χ3v) is 8.51. The zero-order chi connectivity index (χ0) is 31.2. The molecule has 5 rings (SSSR count). The number of H-pyrrole nitrogens is 1. The Balaban J connectivity index is 0.00000461. The monoisotopic (exact) mass is 630 g/mol. The topological polar surface area (TPSA) is 142 Å². The van der Waals surface area contributed by atoms with Crippen LogP contribution in [0.3, 0.4) is 0 Å². The second-order valence-electron chi connectivity index (χ2n) is 12.2. The van der Waals surface area contributed by atoms with Gasteiger partial charge in [0.25, 0.3) is 5.91 Å².